The summed E-state index contributed by atoms with van der Waals surface area (Å²) >= 11 is 0. The Bertz CT molecular complexity index is 602. The number of nitrogens with one attached hydrogen (secondary N) is 1. The van der Waals surface area contributed by atoms with Crippen molar-refractivity contribution in [3.63, 3.8) is 0 Å². The number of rotatable bonds is 5. The second-order valence-corrected chi connectivity index (χ2v) is 4.78. The number of hydrogen-bond donors (Lipinski definition) is 1. The van der Waals surface area contributed by atoms with Gasteiger partial charge in [-0.2, -0.15) is 0 Å². The molecule has 0 saturated carbocycles. The van der Waals surface area contributed by atoms with Crippen molar-refractivity contribution in [3.05, 3.63) is 66.7 Å². The summed E-state index contributed by atoms with van der Waals surface area (Å²) in [7, 11) is 0. The molecule has 1 heteroatoms. The molecule has 0 aliphatic rings. The highest BCUT2D eigenvalue weighted by Gasteiger charge is 2.07. The van der Waals surface area contributed by atoms with Gasteiger partial charge < -0.3 is 0 Å². The fourth-order valence-corrected chi connectivity index (χ4v) is 2.09. The number of hydrogen-bond acceptors (Lipinski definition) is 1. The third-order valence-corrected chi connectivity index (χ3v) is 3.40. The monoisotopic (exact) mass is 261 g/mol. The molecule has 1 atom stereocenters. The molecule has 0 spiro atoms. The van der Waals surface area contributed by atoms with Crippen LogP contribution in [-0.2, 0) is 0 Å². The summed E-state index contributed by atoms with van der Waals surface area (Å²) in [6, 6.07) is 19.0. The minimum atomic E-state index is 0.175. The van der Waals surface area contributed by atoms with E-state index in [2.05, 4.69) is 61.1 Å². The smallest absolute Gasteiger partial charge is 0.0578 e. The van der Waals surface area contributed by atoms with Gasteiger partial charge in [-0.25, -0.2) is 0 Å². The van der Waals surface area contributed by atoms with Gasteiger partial charge in [0.25, 0.3) is 0 Å². The van der Waals surface area contributed by atoms with Gasteiger partial charge in [-0.05, 0) is 29.2 Å². The van der Waals surface area contributed by atoms with Gasteiger partial charge in [-0.1, -0.05) is 67.1 Å². The lowest BCUT2D eigenvalue weighted by atomic mass is 9.98. The molecular formula is C19H19N. The molecule has 0 heterocycles. The molecule has 0 saturated heterocycles. The van der Waals surface area contributed by atoms with Gasteiger partial charge >= 0.3 is 0 Å². The SMILES string of the molecule is C#CCNC(C)C(=C)c1ccc(-c2ccccc2)cc1. The highest BCUT2D eigenvalue weighted by Crippen LogP contribution is 2.23. The molecule has 1 nitrogen and oxygen atoms in total. The lowest BCUT2D eigenvalue weighted by Gasteiger charge is -2.15. The van der Waals surface area contributed by atoms with Crippen LogP contribution in [0.2, 0.25) is 0 Å². The maximum absolute atomic E-state index is 5.26. The molecule has 2 aromatic carbocycles. The molecule has 0 radical (unpaired) electrons. The Morgan fingerprint density at radius 2 is 1.70 bits per heavy atom. The average molecular weight is 261 g/mol. The summed E-state index contributed by atoms with van der Waals surface area (Å²) in [6.07, 6.45) is 5.26. The standard InChI is InChI=1S/C19H19N/c1-4-14-20-16(3)15(2)17-10-12-19(13-11-17)18-8-6-5-7-9-18/h1,5-13,16,20H,2,14H2,3H3. The Balaban J connectivity index is 2.13. The van der Waals surface area contributed by atoms with Crippen LogP contribution in [0.5, 0.6) is 0 Å². The molecular weight excluding hydrogens is 242 g/mol. The summed E-state index contributed by atoms with van der Waals surface area (Å²) in [4.78, 5) is 0. The van der Waals surface area contributed by atoms with Crippen LogP contribution in [0.3, 0.4) is 0 Å². The lowest BCUT2D eigenvalue weighted by molar-refractivity contribution is 0.708. The van der Waals surface area contributed by atoms with Gasteiger partial charge in [0.2, 0.25) is 0 Å². The Labute approximate surface area is 121 Å². The Hall–Kier alpha value is -2.30. The van der Waals surface area contributed by atoms with Crippen molar-refractivity contribution in [2.24, 2.45) is 0 Å². The summed E-state index contributed by atoms with van der Waals surface area (Å²) in [5, 5.41) is 3.24. The molecule has 1 unspecified atom stereocenters. The molecule has 0 aliphatic carbocycles. The van der Waals surface area contributed by atoms with Crippen molar-refractivity contribution in [1.82, 2.24) is 5.32 Å². The van der Waals surface area contributed by atoms with E-state index in [1.165, 1.54) is 11.1 Å². The fourth-order valence-electron chi connectivity index (χ4n) is 2.09. The Morgan fingerprint density at radius 1 is 1.10 bits per heavy atom. The highest BCUT2D eigenvalue weighted by molar-refractivity contribution is 5.71. The normalized spacial score (nSPS) is 11.6. The highest BCUT2D eigenvalue weighted by atomic mass is 14.9. The first-order valence-corrected chi connectivity index (χ1v) is 6.74. The Morgan fingerprint density at radius 3 is 2.30 bits per heavy atom. The molecule has 2 rings (SSSR count). The van der Waals surface area contributed by atoms with E-state index in [0.717, 1.165) is 11.1 Å². The van der Waals surface area contributed by atoms with Crippen molar-refractivity contribution in [2.45, 2.75) is 13.0 Å². The summed E-state index contributed by atoms with van der Waals surface area (Å²) in [6.45, 7) is 6.78. The zero-order valence-electron chi connectivity index (χ0n) is 11.8. The first-order valence-electron chi connectivity index (χ1n) is 6.74. The van der Waals surface area contributed by atoms with Crippen LogP contribution in [0.1, 0.15) is 12.5 Å². The largest absolute Gasteiger partial charge is 0.300 e. The quantitative estimate of drug-likeness (QED) is 0.803. The van der Waals surface area contributed by atoms with Crippen LogP contribution >= 0.6 is 0 Å². The fraction of sp³-hybridized carbons (Fsp3) is 0.158. The van der Waals surface area contributed by atoms with Gasteiger partial charge in [-0.3, -0.25) is 5.32 Å². The van der Waals surface area contributed by atoms with Gasteiger partial charge in [-0.15, -0.1) is 6.42 Å². The molecule has 0 aliphatic heterocycles. The Kier molecular flexibility index (Phi) is 4.76. The van der Waals surface area contributed by atoms with Crippen molar-refractivity contribution >= 4 is 5.57 Å². The predicted molar refractivity (Wildman–Crippen MR) is 87.2 cm³/mol. The van der Waals surface area contributed by atoms with Crippen LogP contribution < -0.4 is 5.32 Å². The maximum Gasteiger partial charge on any atom is 0.0578 e. The van der Waals surface area contributed by atoms with Crippen LogP contribution in [0.25, 0.3) is 16.7 Å². The second kappa shape index (κ2) is 6.75. The summed E-state index contributed by atoms with van der Waals surface area (Å²) < 4.78 is 0. The predicted octanol–water partition coefficient (Wildman–Crippen LogP) is 3.98. The van der Waals surface area contributed by atoms with E-state index < -0.39 is 0 Å². The molecule has 1 N–H and O–H groups in total. The van der Waals surface area contributed by atoms with Crippen LogP contribution in [0.4, 0.5) is 0 Å². The average Bonchev–Trinajstić information content (AvgIpc) is 2.53. The van der Waals surface area contributed by atoms with E-state index in [1.54, 1.807) is 0 Å². The van der Waals surface area contributed by atoms with Gasteiger partial charge in [0.15, 0.2) is 0 Å². The van der Waals surface area contributed by atoms with Gasteiger partial charge in [0.1, 0.15) is 0 Å². The molecule has 0 bridgehead atoms. The van der Waals surface area contributed by atoms with Crippen LogP contribution in [0.15, 0.2) is 61.2 Å². The van der Waals surface area contributed by atoms with Crippen molar-refractivity contribution < 1.29 is 0 Å². The third-order valence-electron chi connectivity index (χ3n) is 3.40. The van der Waals surface area contributed by atoms with E-state index in [0.29, 0.717) is 6.54 Å². The molecule has 100 valence electrons. The summed E-state index contributed by atoms with van der Waals surface area (Å²) in [5.41, 5.74) is 4.64. The zero-order chi connectivity index (χ0) is 14.4. The van der Waals surface area contributed by atoms with E-state index in [1.807, 2.05) is 18.2 Å². The van der Waals surface area contributed by atoms with Crippen LogP contribution in [0, 0.1) is 12.3 Å². The number of terminal acetylenes is 1. The minimum absolute atomic E-state index is 0.175. The van der Waals surface area contributed by atoms with Crippen LogP contribution in [-0.4, -0.2) is 12.6 Å². The van der Waals surface area contributed by atoms with Crippen molar-refractivity contribution in [2.75, 3.05) is 6.54 Å². The number of benzene rings is 2. The molecule has 20 heavy (non-hydrogen) atoms. The maximum atomic E-state index is 5.26. The minimum Gasteiger partial charge on any atom is -0.300 e. The summed E-state index contributed by atoms with van der Waals surface area (Å²) in [5.74, 6) is 2.58. The topological polar surface area (TPSA) is 12.0 Å². The molecule has 0 amide bonds. The second-order valence-electron chi connectivity index (χ2n) is 4.78. The molecule has 2 aromatic rings. The van der Waals surface area contributed by atoms with E-state index in [9.17, 15) is 0 Å². The van der Waals surface area contributed by atoms with E-state index in [-0.39, 0.29) is 6.04 Å². The first-order chi connectivity index (χ1) is 9.72. The van der Waals surface area contributed by atoms with Gasteiger partial charge in [0.05, 0.1) is 6.54 Å². The third kappa shape index (κ3) is 3.38. The lowest BCUT2D eigenvalue weighted by Crippen LogP contribution is -2.27. The zero-order valence-corrected chi connectivity index (χ0v) is 11.8. The first kappa shape index (κ1) is 14.1. The molecule has 0 fully saturated rings. The van der Waals surface area contributed by atoms with E-state index in [4.69, 9.17) is 6.42 Å². The molecule has 0 aromatic heterocycles. The van der Waals surface area contributed by atoms with Crippen molar-refractivity contribution in [1.29, 1.82) is 0 Å². The van der Waals surface area contributed by atoms with Gasteiger partial charge in [0, 0.05) is 6.04 Å². The van der Waals surface area contributed by atoms with E-state index >= 15 is 0 Å². The van der Waals surface area contributed by atoms with Crippen molar-refractivity contribution in [3.8, 4) is 23.5 Å².